The third-order valence-electron chi connectivity index (χ3n) is 6.24. The second kappa shape index (κ2) is 8.28. The molecule has 176 valence electrons. The molecular formula is C24H21F2N3O4S. The van der Waals surface area contributed by atoms with Crippen molar-refractivity contribution < 1.29 is 23.4 Å². The summed E-state index contributed by atoms with van der Waals surface area (Å²) >= 11 is 1.51. The topological polar surface area (TPSA) is 75.0 Å². The molecule has 0 saturated carbocycles. The van der Waals surface area contributed by atoms with Gasteiger partial charge in [-0.3, -0.25) is 19.3 Å². The third kappa shape index (κ3) is 3.37. The molecule has 2 aliphatic heterocycles. The van der Waals surface area contributed by atoms with E-state index in [9.17, 15) is 19.1 Å². The molecular weight excluding hydrogens is 464 g/mol. The Kier molecular flexibility index (Phi) is 5.40. The van der Waals surface area contributed by atoms with Crippen molar-refractivity contribution in [2.75, 3.05) is 24.8 Å². The number of aromatic hydroxyl groups is 1. The van der Waals surface area contributed by atoms with Crippen molar-refractivity contribution in [3.63, 3.8) is 0 Å². The summed E-state index contributed by atoms with van der Waals surface area (Å²) in [6, 6.07) is 2.96. The molecule has 0 aliphatic carbocycles. The second-order valence-corrected chi connectivity index (χ2v) is 9.25. The van der Waals surface area contributed by atoms with E-state index in [1.807, 2.05) is 19.2 Å². The van der Waals surface area contributed by atoms with Crippen molar-refractivity contribution in [1.29, 1.82) is 0 Å². The van der Waals surface area contributed by atoms with E-state index in [-0.39, 0.29) is 31.3 Å². The minimum Gasteiger partial charge on any atom is -0.502 e. The number of aromatic nitrogens is 1. The average Bonchev–Trinajstić information content (AvgIpc) is 3.12. The van der Waals surface area contributed by atoms with Crippen LogP contribution in [0.5, 0.6) is 11.5 Å². The predicted octanol–water partition coefficient (Wildman–Crippen LogP) is 3.60. The Morgan fingerprint density at radius 3 is 2.65 bits per heavy atom. The van der Waals surface area contributed by atoms with Gasteiger partial charge in [0.2, 0.25) is 11.2 Å². The Balaban J connectivity index is 1.85. The van der Waals surface area contributed by atoms with Crippen molar-refractivity contribution in [3.8, 4) is 11.5 Å². The van der Waals surface area contributed by atoms with Crippen LogP contribution in [0.4, 0.5) is 8.78 Å². The number of halogens is 2. The van der Waals surface area contributed by atoms with Crippen LogP contribution in [0, 0.1) is 25.5 Å². The van der Waals surface area contributed by atoms with Crippen LogP contribution in [0.15, 0.2) is 46.7 Å². The SMILES string of the molecule is Cc1scc([C@H]2c3ccc(F)c(F)c3OC/C=C\CN3CN2n2ccc(=O)c(O)c2C3=O)c1C. The number of aryl methyl sites for hydroxylation is 1. The predicted molar refractivity (Wildman–Crippen MR) is 123 cm³/mol. The lowest BCUT2D eigenvalue weighted by molar-refractivity contribution is 0.0701. The van der Waals surface area contributed by atoms with Gasteiger partial charge in [-0.1, -0.05) is 6.08 Å². The first-order valence-electron chi connectivity index (χ1n) is 10.6. The van der Waals surface area contributed by atoms with Crippen molar-refractivity contribution in [3.05, 3.63) is 91.0 Å². The number of fused-ring (bicyclic) bond motifs is 5. The summed E-state index contributed by atoms with van der Waals surface area (Å²) in [6.07, 6.45) is 4.68. The van der Waals surface area contributed by atoms with Crippen LogP contribution in [0.3, 0.4) is 0 Å². The van der Waals surface area contributed by atoms with E-state index in [0.717, 1.165) is 28.1 Å². The Hall–Kier alpha value is -3.66. The van der Waals surface area contributed by atoms with E-state index in [2.05, 4.69) is 0 Å². The van der Waals surface area contributed by atoms with Gasteiger partial charge in [-0.2, -0.15) is 4.39 Å². The molecule has 0 unspecified atom stereocenters. The van der Waals surface area contributed by atoms with Crippen LogP contribution < -0.4 is 15.2 Å². The van der Waals surface area contributed by atoms with Crippen molar-refractivity contribution in [1.82, 2.24) is 9.58 Å². The van der Waals surface area contributed by atoms with E-state index in [4.69, 9.17) is 4.74 Å². The number of pyridine rings is 1. The molecule has 2 aliphatic rings. The van der Waals surface area contributed by atoms with Gasteiger partial charge in [0.15, 0.2) is 23.0 Å². The van der Waals surface area contributed by atoms with Crippen molar-refractivity contribution >= 4 is 17.2 Å². The van der Waals surface area contributed by atoms with Crippen LogP contribution >= 0.6 is 11.3 Å². The number of carbonyl (C=O) groups is 1. The summed E-state index contributed by atoms with van der Waals surface area (Å²) in [5.74, 6) is -3.55. The van der Waals surface area contributed by atoms with E-state index in [1.165, 1.54) is 33.2 Å². The van der Waals surface area contributed by atoms with Crippen LogP contribution in [-0.2, 0) is 0 Å². The highest BCUT2D eigenvalue weighted by Crippen LogP contribution is 2.41. The van der Waals surface area contributed by atoms with Gasteiger partial charge >= 0.3 is 0 Å². The smallest absolute Gasteiger partial charge is 0.278 e. The molecule has 0 radical (unpaired) electrons. The number of ether oxygens (including phenoxy) is 1. The summed E-state index contributed by atoms with van der Waals surface area (Å²) in [4.78, 5) is 27.9. The third-order valence-corrected chi connectivity index (χ3v) is 7.28. The van der Waals surface area contributed by atoms with Gasteiger partial charge in [-0.25, -0.2) is 4.39 Å². The maximum atomic E-state index is 15.0. The van der Waals surface area contributed by atoms with Gasteiger partial charge in [0, 0.05) is 29.2 Å². The number of thiophene rings is 1. The first kappa shape index (κ1) is 22.1. The van der Waals surface area contributed by atoms with Gasteiger partial charge < -0.3 is 14.7 Å². The molecule has 1 amide bonds. The molecule has 10 heteroatoms. The Labute approximate surface area is 197 Å². The van der Waals surface area contributed by atoms with Gasteiger partial charge in [-0.15, -0.1) is 11.3 Å². The molecule has 5 rings (SSSR count). The number of nitrogens with zero attached hydrogens (tertiary/aromatic N) is 3. The maximum absolute atomic E-state index is 15.0. The summed E-state index contributed by atoms with van der Waals surface area (Å²) in [5, 5.41) is 14.2. The number of benzene rings is 1. The van der Waals surface area contributed by atoms with Gasteiger partial charge in [0.1, 0.15) is 19.3 Å². The minimum absolute atomic E-state index is 0.0280. The quantitative estimate of drug-likeness (QED) is 0.533. The molecule has 1 N–H and O–H groups in total. The highest BCUT2D eigenvalue weighted by Gasteiger charge is 2.38. The normalized spacial score (nSPS) is 18.6. The highest BCUT2D eigenvalue weighted by molar-refractivity contribution is 7.10. The summed E-state index contributed by atoms with van der Waals surface area (Å²) in [5.41, 5.74) is 1.25. The maximum Gasteiger partial charge on any atom is 0.278 e. The van der Waals surface area contributed by atoms with Crippen molar-refractivity contribution in [2.45, 2.75) is 19.9 Å². The number of amides is 1. The van der Waals surface area contributed by atoms with Crippen molar-refractivity contribution in [2.24, 2.45) is 0 Å². The Morgan fingerprint density at radius 2 is 1.91 bits per heavy atom. The Bertz CT molecular complexity index is 1400. The van der Waals surface area contributed by atoms with Gasteiger partial charge in [0.05, 0.1) is 0 Å². The average molecular weight is 486 g/mol. The first-order valence-corrected chi connectivity index (χ1v) is 11.5. The van der Waals surface area contributed by atoms with Crippen LogP contribution in [0.2, 0.25) is 0 Å². The summed E-state index contributed by atoms with van der Waals surface area (Å²) in [7, 11) is 0. The van der Waals surface area contributed by atoms with Crippen LogP contribution in [0.1, 0.15) is 38.1 Å². The number of carbonyl (C=O) groups excluding carboxylic acids is 1. The molecule has 2 aromatic heterocycles. The summed E-state index contributed by atoms with van der Waals surface area (Å²) in [6.45, 7) is 4.10. The minimum atomic E-state index is -1.10. The lowest BCUT2D eigenvalue weighted by atomic mass is 9.95. The molecule has 1 aromatic carbocycles. The van der Waals surface area contributed by atoms with Crippen LogP contribution in [0.25, 0.3) is 0 Å². The lowest BCUT2D eigenvalue weighted by Gasteiger charge is -2.43. The van der Waals surface area contributed by atoms with E-state index < -0.39 is 34.8 Å². The second-order valence-electron chi connectivity index (χ2n) is 8.17. The van der Waals surface area contributed by atoms with E-state index >= 15 is 4.39 Å². The van der Waals surface area contributed by atoms with E-state index in [1.54, 1.807) is 17.2 Å². The molecule has 7 nitrogen and oxygen atoms in total. The molecule has 3 aromatic rings. The standard InChI is InChI=1S/C24H21F2N3O4S/c1-13-14(2)34-11-16(13)20-15-5-6-17(25)19(26)23(15)33-10-4-3-8-27-12-29(20)28-9-7-18(30)22(31)21(28)24(27)32/h3-7,9,11,20,31H,8,10,12H2,1-2H3/b4-3-/t20-/m1/s1. The molecule has 0 fully saturated rings. The van der Waals surface area contributed by atoms with E-state index in [0.29, 0.717) is 5.56 Å². The number of rotatable bonds is 1. The largest absolute Gasteiger partial charge is 0.502 e. The first-order chi connectivity index (χ1) is 16.3. The molecule has 0 spiro atoms. The van der Waals surface area contributed by atoms with Crippen LogP contribution in [-0.4, -0.2) is 40.4 Å². The molecule has 34 heavy (non-hydrogen) atoms. The highest BCUT2D eigenvalue weighted by atomic mass is 32.1. The molecule has 0 saturated heterocycles. The Morgan fingerprint density at radius 1 is 1.12 bits per heavy atom. The molecule has 1 atom stereocenters. The molecule has 2 bridgehead atoms. The fourth-order valence-corrected chi connectivity index (χ4v) is 5.24. The lowest BCUT2D eigenvalue weighted by Crippen LogP contribution is -2.55. The zero-order valence-electron chi connectivity index (χ0n) is 18.4. The zero-order chi connectivity index (χ0) is 24.1. The molecule has 4 heterocycles. The zero-order valence-corrected chi connectivity index (χ0v) is 19.2. The van der Waals surface area contributed by atoms with Gasteiger partial charge in [0.25, 0.3) is 5.91 Å². The van der Waals surface area contributed by atoms with Gasteiger partial charge in [-0.05, 0) is 48.6 Å². The number of hydrogen-bond donors (Lipinski definition) is 1. The summed E-state index contributed by atoms with van der Waals surface area (Å²) < 4.78 is 36.4. The number of hydrogen-bond acceptors (Lipinski definition) is 6. The fraction of sp³-hybridized carbons (Fsp3) is 0.250. The monoisotopic (exact) mass is 485 g/mol. The fourth-order valence-electron chi connectivity index (χ4n) is 4.33.